The number of rotatable bonds is 2. The van der Waals surface area contributed by atoms with E-state index >= 15 is 0 Å². The summed E-state index contributed by atoms with van der Waals surface area (Å²) in [5.74, 6) is 0.619. The molecule has 1 aromatic heterocycles. The molecule has 0 N–H and O–H groups in total. The first-order chi connectivity index (χ1) is 8.13. The second-order valence-corrected chi connectivity index (χ2v) is 6.41. The Morgan fingerprint density at radius 3 is 2.88 bits per heavy atom. The third kappa shape index (κ3) is 2.07. The van der Waals surface area contributed by atoms with E-state index in [9.17, 15) is 0 Å². The lowest BCUT2D eigenvalue weighted by atomic mass is 9.99. The topological polar surface area (TPSA) is 16.1 Å². The van der Waals surface area contributed by atoms with Crippen molar-refractivity contribution in [2.45, 2.75) is 25.8 Å². The molecule has 1 aliphatic rings. The third-order valence-corrected chi connectivity index (χ3v) is 4.77. The Morgan fingerprint density at radius 2 is 2.18 bits per heavy atom. The van der Waals surface area contributed by atoms with Crippen LogP contribution in [0.3, 0.4) is 0 Å². The van der Waals surface area contributed by atoms with Gasteiger partial charge in [0.1, 0.15) is 0 Å². The molecule has 2 heterocycles. The Labute approximate surface area is 110 Å². The van der Waals surface area contributed by atoms with Crippen molar-refractivity contribution in [3.05, 3.63) is 28.2 Å². The molecule has 4 heteroatoms. The molecule has 0 amide bonds. The van der Waals surface area contributed by atoms with Gasteiger partial charge in [-0.1, -0.05) is 11.6 Å². The van der Waals surface area contributed by atoms with Crippen LogP contribution in [-0.2, 0) is 0 Å². The average molecular weight is 267 g/mol. The van der Waals surface area contributed by atoms with E-state index in [0.717, 1.165) is 23.6 Å². The minimum Gasteiger partial charge on any atom is -0.299 e. The van der Waals surface area contributed by atoms with Crippen molar-refractivity contribution in [2.24, 2.45) is 0 Å². The Balaban J connectivity index is 1.83. The Hall–Kier alpha value is -0.640. The first-order valence-corrected chi connectivity index (χ1v) is 7.13. The Bertz CT molecular complexity index is 543. The summed E-state index contributed by atoms with van der Waals surface area (Å²) in [5.41, 5.74) is 1.08. The number of likely N-dealkylation sites (tertiary alicyclic amines) is 1. The molecule has 0 bridgehead atoms. The number of benzene rings is 1. The molecule has 0 radical (unpaired) electrons. The van der Waals surface area contributed by atoms with Crippen LogP contribution in [0.5, 0.6) is 0 Å². The van der Waals surface area contributed by atoms with Gasteiger partial charge in [0.25, 0.3) is 0 Å². The minimum atomic E-state index is 0.619. The number of fused-ring (bicyclic) bond motifs is 1. The standard InChI is InChI=1S/C13H15ClN2S/c1-8(2)16-6-9(7-16)13-15-11-4-3-10(14)5-12(11)17-13/h3-5,8-9H,6-7H2,1-2H3. The van der Waals surface area contributed by atoms with Gasteiger partial charge in [0.15, 0.2) is 0 Å². The summed E-state index contributed by atoms with van der Waals surface area (Å²) in [7, 11) is 0. The van der Waals surface area contributed by atoms with Gasteiger partial charge in [-0.3, -0.25) is 4.90 Å². The van der Waals surface area contributed by atoms with Gasteiger partial charge in [-0.2, -0.15) is 0 Å². The number of hydrogen-bond donors (Lipinski definition) is 0. The minimum absolute atomic E-state index is 0.619. The van der Waals surface area contributed by atoms with Crippen LogP contribution in [0.25, 0.3) is 10.2 Å². The predicted octanol–water partition coefficient (Wildman–Crippen LogP) is 3.76. The zero-order chi connectivity index (χ0) is 12.0. The number of aromatic nitrogens is 1. The lowest BCUT2D eigenvalue weighted by Crippen LogP contribution is -2.48. The summed E-state index contributed by atoms with van der Waals surface area (Å²) in [5, 5.41) is 2.06. The van der Waals surface area contributed by atoms with Gasteiger partial charge >= 0.3 is 0 Å². The second-order valence-electron chi connectivity index (χ2n) is 4.91. The molecule has 0 aliphatic carbocycles. The number of hydrogen-bond acceptors (Lipinski definition) is 3. The molecule has 1 aromatic carbocycles. The fraction of sp³-hybridized carbons (Fsp3) is 0.462. The third-order valence-electron chi connectivity index (χ3n) is 3.36. The normalized spacial score (nSPS) is 17.9. The molecule has 0 atom stereocenters. The van der Waals surface area contributed by atoms with Crippen molar-refractivity contribution in [3.63, 3.8) is 0 Å². The van der Waals surface area contributed by atoms with E-state index in [-0.39, 0.29) is 0 Å². The van der Waals surface area contributed by atoms with E-state index < -0.39 is 0 Å². The largest absolute Gasteiger partial charge is 0.299 e. The molecule has 0 saturated carbocycles. The first kappa shape index (κ1) is 11.5. The SMILES string of the molecule is CC(C)N1CC(c2nc3ccc(Cl)cc3s2)C1. The van der Waals surface area contributed by atoms with Crippen molar-refractivity contribution in [2.75, 3.05) is 13.1 Å². The van der Waals surface area contributed by atoms with Crippen LogP contribution in [0, 0.1) is 0 Å². The van der Waals surface area contributed by atoms with Gasteiger partial charge in [0.2, 0.25) is 0 Å². The highest BCUT2D eigenvalue weighted by Gasteiger charge is 2.31. The number of halogens is 1. The molecule has 1 fully saturated rings. The quantitative estimate of drug-likeness (QED) is 0.823. The summed E-state index contributed by atoms with van der Waals surface area (Å²) in [6.45, 7) is 6.78. The highest BCUT2D eigenvalue weighted by atomic mass is 35.5. The lowest BCUT2D eigenvalue weighted by molar-refractivity contribution is 0.110. The van der Waals surface area contributed by atoms with E-state index in [0.29, 0.717) is 12.0 Å². The predicted molar refractivity (Wildman–Crippen MR) is 74.1 cm³/mol. The van der Waals surface area contributed by atoms with Gasteiger partial charge < -0.3 is 0 Å². The molecule has 17 heavy (non-hydrogen) atoms. The molecular weight excluding hydrogens is 252 g/mol. The van der Waals surface area contributed by atoms with E-state index in [2.05, 4.69) is 18.7 Å². The first-order valence-electron chi connectivity index (χ1n) is 5.93. The van der Waals surface area contributed by atoms with Crippen LogP contribution in [-0.4, -0.2) is 29.0 Å². The number of nitrogens with zero attached hydrogens (tertiary/aromatic N) is 2. The van der Waals surface area contributed by atoms with Crippen LogP contribution < -0.4 is 0 Å². The maximum atomic E-state index is 5.99. The Kier molecular flexibility index (Phi) is 2.85. The highest BCUT2D eigenvalue weighted by Crippen LogP contribution is 2.34. The van der Waals surface area contributed by atoms with Gasteiger partial charge in [-0.25, -0.2) is 4.98 Å². The van der Waals surface area contributed by atoms with Crippen molar-refractivity contribution < 1.29 is 0 Å². The van der Waals surface area contributed by atoms with Crippen LogP contribution >= 0.6 is 22.9 Å². The summed E-state index contributed by atoms with van der Waals surface area (Å²) in [6, 6.07) is 6.58. The fourth-order valence-electron chi connectivity index (χ4n) is 2.18. The van der Waals surface area contributed by atoms with Crippen LogP contribution in [0.2, 0.25) is 5.02 Å². The molecule has 2 aromatic rings. The number of thiazole rings is 1. The zero-order valence-electron chi connectivity index (χ0n) is 9.98. The van der Waals surface area contributed by atoms with Gasteiger partial charge in [0.05, 0.1) is 15.2 Å². The van der Waals surface area contributed by atoms with Gasteiger partial charge in [-0.15, -0.1) is 11.3 Å². The summed E-state index contributed by atoms with van der Waals surface area (Å²) in [4.78, 5) is 7.18. The average Bonchev–Trinajstić information content (AvgIpc) is 2.56. The van der Waals surface area contributed by atoms with Crippen molar-refractivity contribution in [1.82, 2.24) is 9.88 Å². The summed E-state index contributed by atoms with van der Waals surface area (Å²) < 4.78 is 1.20. The van der Waals surface area contributed by atoms with Crippen molar-refractivity contribution >= 4 is 33.2 Å². The molecule has 0 unspecified atom stereocenters. The summed E-state index contributed by atoms with van der Waals surface area (Å²) >= 11 is 7.78. The van der Waals surface area contributed by atoms with Crippen molar-refractivity contribution in [1.29, 1.82) is 0 Å². The van der Waals surface area contributed by atoms with Gasteiger partial charge in [-0.05, 0) is 32.0 Å². The summed E-state index contributed by atoms with van der Waals surface area (Å²) in [6.07, 6.45) is 0. The van der Waals surface area contributed by atoms with E-state index in [1.807, 2.05) is 18.2 Å². The monoisotopic (exact) mass is 266 g/mol. The van der Waals surface area contributed by atoms with Crippen LogP contribution in [0.1, 0.15) is 24.8 Å². The molecule has 1 saturated heterocycles. The fourth-order valence-corrected chi connectivity index (χ4v) is 3.51. The van der Waals surface area contributed by atoms with Crippen LogP contribution in [0.4, 0.5) is 0 Å². The van der Waals surface area contributed by atoms with E-state index in [1.165, 1.54) is 9.71 Å². The van der Waals surface area contributed by atoms with E-state index in [4.69, 9.17) is 16.6 Å². The molecule has 1 aliphatic heterocycles. The maximum Gasteiger partial charge on any atom is 0.0995 e. The van der Waals surface area contributed by atoms with Crippen LogP contribution in [0.15, 0.2) is 18.2 Å². The Morgan fingerprint density at radius 1 is 1.41 bits per heavy atom. The molecule has 3 rings (SSSR count). The zero-order valence-corrected chi connectivity index (χ0v) is 11.6. The van der Waals surface area contributed by atoms with Gasteiger partial charge in [0, 0.05) is 30.1 Å². The molecule has 0 spiro atoms. The highest BCUT2D eigenvalue weighted by molar-refractivity contribution is 7.18. The smallest absolute Gasteiger partial charge is 0.0995 e. The molecule has 2 nitrogen and oxygen atoms in total. The van der Waals surface area contributed by atoms with Crippen molar-refractivity contribution in [3.8, 4) is 0 Å². The van der Waals surface area contributed by atoms with E-state index in [1.54, 1.807) is 11.3 Å². The second kappa shape index (κ2) is 4.23. The molecular formula is C13H15ClN2S. The lowest BCUT2D eigenvalue weighted by Gasteiger charge is -2.41. The molecule has 90 valence electrons. The maximum absolute atomic E-state index is 5.99.